The van der Waals surface area contributed by atoms with Crippen molar-refractivity contribution in [1.29, 1.82) is 0 Å². The standard InChI is InChI=1S/C26H26N8/c1-17(2)25-28-24(15-18-9-13-21(27)14-10-18)34(31-25)16-19-7-11-20(12-8-19)22-5-3-4-6-23(22)26-29-32-33-30-26/h3-14,17H,15-16,27H2,1-2H3,(H,29,30,32,33). The van der Waals surface area contributed by atoms with E-state index in [4.69, 9.17) is 15.8 Å². The first-order valence-corrected chi connectivity index (χ1v) is 11.3. The quantitative estimate of drug-likeness (QED) is 0.354. The van der Waals surface area contributed by atoms with Crippen LogP contribution in [0.15, 0.2) is 72.8 Å². The molecule has 2 aromatic heterocycles. The molecule has 8 nitrogen and oxygen atoms in total. The van der Waals surface area contributed by atoms with Gasteiger partial charge in [-0.05, 0) is 44.8 Å². The van der Waals surface area contributed by atoms with Gasteiger partial charge in [-0.1, -0.05) is 74.5 Å². The highest BCUT2D eigenvalue weighted by atomic mass is 15.5. The number of H-pyrrole nitrogens is 1. The van der Waals surface area contributed by atoms with Gasteiger partial charge < -0.3 is 5.73 Å². The summed E-state index contributed by atoms with van der Waals surface area (Å²) >= 11 is 0. The summed E-state index contributed by atoms with van der Waals surface area (Å²) in [5.74, 6) is 2.71. The number of aromatic nitrogens is 7. The zero-order chi connectivity index (χ0) is 23.5. The van der Waals surface area contributed by atoms with Crippen LogP contribution in [0.4, 0.5) is 5.69 Å². The fourth-order valence-electron chi connectivity index (χ4n) is 3.89. The first-order valence-electron chi connectivity index (χ1n) is 11.3. The van der Waals surface area contributed by atoms with E-state index in [1.54, 1.807) is 0 Å². The van der Waals surface area contributed by atoms with Crippen molar-refractivity contribution < 1.29 is 0 Å². The van der Waals surface area contributed by atoms with E-state index in [0.29, 0.717) is 18.8 Å². The number of nitrogens with zero attached hydrogens (tertiary/aromatic N) is 6. The summed E-state index contributed by atoms with van der Waals surface area (Å²) in [6, 6.07) is 24.5. The van der Waals surface area contributed by atoms with Gasteiger partial charge in [0.15, 0.2) is 11.6 Å². The maximum atomic E-state index is 5.84. The van der Waals surface area contributed by atoms with E-state index in [1.807, 2.05) is 47.1 Å². The molecule has 0 spiro atoms. The van der Waals surface area contributed by atoms with Crippen LogP contribution < -0.4 is 5.73 Å². The van der Waals surface area contributed by atoms with Gasteiger partial charge in [0.25, 0.3) is 0 Å². The molecule has 34 heavy (non-hydrogen) atoms. The summed E-state index contributed by atoms with van der Waals surface area (Å²) in [6.07, 6.45) is 0.705. The molecule has 0 atom stereocenters. The molecule has 3 N–H and O–H groups in total. The molecule has 0 aliphatic rings. The molecular formula is C26H26N8. The Bertz CT molecular complexity index is 1370. The van der Waals surface area contributed by atoms with Crippen molar-refractivity contribution in [1.82, 2.24) is 35.4 Å². The number of nitrogen functional groups attached to an aromatic ring is 1. The molecule has 0 fully saturated rings. The summed E-state index contributed by atoms with van der Waals surface area (Å²) in [4.78, 5) is 4.83. The Morgan fingerprint density at radius 3 is 2.26 bits per heavy atom. The second kappa shape index (κ2) is 9.27. The monoisotopic (exact) mass is 450 g/mol. The molecule has 0 bridgehead atoms. The maximum absolute atomic E-state index is 5.84. The van der Waals surface area contributed by atoms with Crippen LogP contribution in [-0.4, -0.2) is 35.4 Å². The number of rotatable bonds is 7. The summed E-state index contributed by atoms with van der Waals surface area (Å²) in [7, 11) is 0. The molecule has 5 rings (SSSR count). The van der Waals surface area contributed by atoms with Crippen LogP contribution in [0.25, 0.3) is 22.5 Å². The third-order valence-corrected chi connectivity index (χ3v) is 5.75. The van der Waals surface area contributed by atoms with Crippen LogP contribution in [0.2, 0.25) is 0 Å². The summed E-state index contributed by atoms with van der Waals surface area (Å²) in [5.41, 5.74) is 12.0. The lowest BCUT2D eigenvalue weighted by Gasteiger charge is -2.10. The van der Waals surface area contributed by atoms with Crippen molar-refractivity contribution in [2.75, 3.05) is 5.73 Å². The average Bonchev–Trinajstić information content (AvgIpc) is 3.52. The lowest BCUT2D eigenvalue weighted by atomic mass is 9.98. The molecule has 0 saturated carbocycles. The van der Waals surface area contributed by atoms with Gasteiger partial charge in [-0.15, -0.1) is 5.10 Å². The number of nitrogens with two attached hydrogens (primary N) is 1. The van der Waals surface area contributed by atoms with E-state index >= 15 is 0 Å². The van der Waals surface area contributed by atoms with Crippen LogP contribution in [0.5, 0.6) is 0 Å². The van der Waals surface area contributed by atoms with Crippen molar-refractivity contribution >= 4 is 5.69 Å². The van der Waals surface area contributed by atoms with Crippen molar-refractivity contribution in [3.05, 3.63) is 95.6 Å². The zero-order valence-corrected chi connectivity index (χ0v) is 19.2. The van der Waals surface area contributed by atoms with Crippen LogP contribution in [-0.2, 0) is 13.0 Å². The highest BCUT2D eigenvalue weighted by molar-refractivity contribution is 5.80. The fourth-order valence-corrected chi connectivity index (χ4v) is 3.89. The zero-order valence-electron chi connectivity index (χ0n) is 19.2. The van der Waals surface area contributed by atoms with Crippen LogP contribution in [0, 0.1) is 0 Å². The van der Waals surface area contributed by atoms with Gasteiger partial charge in [0, 0.05) is 23.6 Å². The van der Waals surface area contributed by atoms with Gasteiger partial charge in [-0.25, -0.2) is 14.8 Å². The SMILES string of the molecule is CC(C)c1nc(Cc2ccc(N)cc2)n(Cc2ccc(-c3ccccc3-c3nnn[nH]3)cc2)n1. The van der Waals surface area contributed by atoms with Gasteiger partial charge in [0.2, 0.25) is 0 Å². The second-order valence-electron chi connectivity index (χ2n) is 8.61. The van der Waals surface area contributed by atoms with E-state index in [-0.39, 0.29) is 5.92 Å². The van der Waals surface area contributed by atoms with E-state index in [2.05, 4.69) is 64.8 Å². The lowest BCUT2D eigenvalue weighted by Crippen LogP contribution is -2.08. The Kier molecular flexibility index (Phi) is 5.86. The molecule has 0 radical (unpaired) electrons. The van der Waals surface area contributed by atoms with Crippen molar-refractivity contribution in [2.45, 2.75) is 32.7 Å². The molecular weight excluding hydrogens is 424 g/mol. The molecule has 0 amide bonds. The highest BCUT2D eigenvalue weighted by Crippen LogP contribution is 2.30. The number of anilines is 1. The van der Waals surface area contributed by atoms with E-state index in [9.17, 15) is 0 Å². The number of nitrogens with one attached hydrogen (secondary N) is 1. The minimum Gasteiger partial charge on any atom is -0.399 e. The molecule has 8 heteroatoms. The van der Waals surface area contributed by atoms with Crippen molar-refractivity contribution in [3.63, 3.8) is 0 Å². The maximum Gasteiger partial charge on any atom is 0.180 e. The Labute approximate surface area is 197 Å². The molecule has 2 heterocycles. The summed E-state index contributed by atoms with van der Waals surface area (Å²) in [5, 5.41) is 19.1. The summed E-state index contributed by atoms with van der Waals surface area (Å²) < 4.78 is 2.01. The minimum absolute atomic E-state index is 0.260. The van der Waals surface area contributed by atoms with Gasteiger partial charge in [0.1, 0.15) is 5.82 Å². The van der Waals surface area contributed by atoms with Crippen molar-refractivity contribution in [2.24, 2.45) is 0 Å². The van der Waals surface area contributed by atoms with Crippen LogP contribution >= 0.6 is 0 Å². The largest absolute Gasteiger partial charge is 0.399 e. The number of benzene rings is 3. The highest BCUT2D eigenvalue weighted by Gasteiger charge is 2.14. The smallest absolute Gasteiger partial charge is 0.180 e. The predicted octanol–water partition coefficient (Wildman–Crippen LogP) is 4.47. The lowest BCUT2D eigenvalue weighted by molar-refractivity contribution is 0.632. The molecule has 5 aromatic rings. The van der Waals surface area contributed by atoms with E-state index < -0.39 is 0 Å². The van der Waals surface area contributed by atoms with E-state index in [1.165, 1.54) is 0 Å². The first kappa shape index (κ1) is 21.5. The molecule has 170 valence electrons. The molecule has 0 unspecified atom stereocenters. The molecule has 3 aromatic carbocycles. The Hall–Kier alpha value is -4.33. The number of hydrogen-bond donors (Lipinski definition) is 2. The average molecular weight is 451 g/mol. The molecule has 0 aliphatic heterocycles. The van der Waals surface area contributed by atoms with Gasteiger partial charge in [0.05, 0.1) is 6.54 Å². The Morgan fingerprint density at radius 1 is 0.882 bits per heavy atom. The van der Waals surface area contributed by atoms with Crippen LogP contribution in [0.1, 0.15) is 42.5 Å². The topological polar surface area (TPSA) is 111 Å². The van der Waals surface area contributed by atoms with Crippen molar-refractivity contribution in [3.8, 4) is 22.5 Å². The normalized spacial score (nSPS) is 11.3. The van der Waals surface area contributed by atoms with Crippen LogP contribution in [0.3, 0.4) is 0 Å². The van der Waals surface area contributed by atoms with Gasteiger partial charge in [-0.2, -0.15) is 5.10 Å². The Morgan fingerprint density at radius 2 is 1.59 bits per heavy atom. The van der Waals surface area contributed by atoms with Gasteiger partial charge in [-0.3, -0.25) is 0 Å². The van der Waals surface area contributed by atoms with Gasteiger partial charge >= 0.3 is 0 Å². The van der Waals surface area contributed by atoms with E-state index in [0.717, 1.165) is 45.2 Å². The number of tetrazole rings is 1. The number of hydrogen-bond acceptors (Lipinski definition) is 6. The minimum atomic E-state index is 0.260. The predicted molar refractivity (Wildman–Crippen MR) is 132 cm³/mol. The third-order valence-electron chi connectivity index (χ3n) is 5.75. The first-order chi connectivity index (χ1) is 16.6. The molecule has 0 aliphatic carbocycles. The number of aromatic amines is 1. The fraction of sp³-hybridized carbons (Fsp3) is 0.192. The Balaban J connectivity index is 1.41. The second-order valence-corrected chi connectivity index (χ2v) is 8.61. The molecule has 0 saturated heterocycles. The summed E-state index contributed by atoms with van der Waals surface area (Å²) in [6.45, 7) is 4.88. The third kappa shape index (κ3) is 4.56.